The number of nitrogens with two attached hydrogens (primary N) is 1. The van der Waals surface area contributed by atoms with Crippen LogP contribution in [0.3, 0.4) is 0 Å². The topological polar surface area (TPSA) is 137 Å². The van der Waals surface area contributed by atoms with Crippen molar-refractivity contribution in [3.8, 4) is 11.6 Å². The van der Waals surface area contributed by atoms with Gasteiger partial charge >= 0.3 is 6.09 Å². The summed E-state index contributed by atoms with van der Waals surface area (Å²) in [4.78, 5) is 27.5. The minimum absolute atomic E-state index is 0.000867. The van der Waals surface area contributed by atoms with Crippen LogP contribution in [0.5, 0.6) is 11.6 Å². The number of amides is 1. The third kappa shape index (κ3) is 6.15. The van der Waals surface area contributed by atoms with Gasteiger partial charge in [0, 0.05) is 19.4 Å². The molecule has 10 nitrogen and oxygen atoms in total. The number of nitrogens with zero attached hydrogens (tertiary/aromatic N) is 4. The van der Waals surface area contributed by atoms with Gasteiger partial charge in [-0.05, 0) is 38.2 Å². The number of pyridine rings is 1. The largest absolute Gasteiger partial charge is 0.489 e. The third-order valence-electron chi connectivity index (χ3n) is 2.88. The van der Waals surface area contributed by atoms with E-state index in [1.54, 1.807) is 18.3 Å². The van der Waals surface area contributed by atoms with Gasteiger partial charge in [-0.1, -0.05) is 0 Å². The van der Waals surface area contributed by atoms with Crippen molar-refractivity contribution in [2.24, 2.45) is 10.7 Å². The summed E-state index contributed by atoms with van der Waals surface area (Å²) in [5, 5.41) is 5.02. The number of thiocarbonyl (C=S) groups is 1. The Balaban J connectivity index is 2.09. The van der Waals surface area contributed by atoms with Gasteiger partial charge in [0.05, 0.1) is 12.3 Å². The van der Waals surface area contributed by atoms with E-state index in [4.69, 9.17) is 27.4 Å². The number of amidine groups is 1. The van der Waals surface area contributed by atoms with E-state index in [-0.39, 0.29) is 28.7 Å². The molecule has 0 bridgehead atoms. The van der Waals surface area contributed by atoms with E-state index in [1.807, 2.05) is 13.8 Å². The van der Waals surface area contributed by atoms with Gasteiger partial charge in [-0.25, -0.2) is 24.7 Å². The molecule has 0 aromatic carbocycles. The Hall–Kier alpha value is -3.34. The molecule has 0 unspecified atom stereocenters. The molecule has 4 N–H and O–H groups in total. The maximum Gasteiger partial charge on any atom is 0.413 e. The molecular formula is C16H19N7O3S. The molecule has 0 aliphatic heterocycles. The quantitative estimate of drug-likeness (QED) is 0.394. The maximum absolute atomic E-state index is 11.3. The monoisotopic (exact) mass is 389 g/mol. The first-order chi connectivity index (χ1) is 12.9. The first-order valence-electron chi connectivity index (χ1n) is 7.88. The van der Waals surface area contributed by atoms with Gasteiger partial charge in [-0.3, -0.25) is 0 Å². The fraction of sp³-hybridized carbons (Fsp3) is 0.250. The first kappa shape index (κ1) is 20.0. The highest BCUT2D eigenvalue weighted by Gasteiger charge is 2.12. The standard InChI is InChI=1S/C16H19N7O3S/c1-9(2)25-10-4-5-11(21-8-10)12(17)22-15(27)23-13-14(20-7-6-19-13)26-16(24)18-3/h4-9H,1-3H3,(H,18,24)(H3,17,19,22,23,27). The Bertz CT molecular complexity index is 840. The van der Waals surface area contributed by atoms with Crippen LogP contribution in [0, 0.1) is 0 Å². The molecule has 0 atom stereocenters. The molecule has 0 radical (unpaired) electrons. The molecule has 27 heavy (non-hydrogen) atoms. The Morgan fingerprint density at radius 1 is 1.26 bits per heavy atom. The minimum atomic E-state index is -0.694. The average molecular weight is 389 g/mol. The lowest BCUT2D eigenvalue weighted by Crippen LogP contribution is -2.24. The smallest absolute Gasteiger partial charge is 0.413 e. The molecule has 0 fully saturated rings. The molecule has 2 aromatic heterocycles. The summed E-state index contributed by atoms with van der Waals surface area (Å²) in [7, 11) is 1.42. The van der Waals surface area contributed by atoms with Crippen molar-refractivity contribution in [3.05, 3.63) is 36.4 Å². The first-order valence-corrected chi connectivity index (χ1v) is 8.28. The van der Waals surface area contributed by atoms with Crippen molar-refractivity contribution < 1.29 is 14.3 Å². The number of nitrogens with one attached hydrogen (secondary N) is 2. The van der Waals surface area contributed by atoms with Crippen LogP contribution < -0.4 is 25.8 Å². The zero-order valence-electron chi connectivity index (χ0n) is 15.0. The van der Waals surface area contributed by atoms with E-state index in [0.717, 1.165) is 0 Å². The summed E-state index contributed by atoms with van der Waals surface area (Å²) in [5.74, 6) is 0.789. The van der Waals surface area contributed by atoms with Gasteiger partial charge in [0.1, 0.15) is 11.4 Å². The second kappa shape index (κ2) is 9.38. The second-order valence-electron chi connectivity index (χ2n) is 5.32. The predicted octanol–water partition coefficient (Wildman–Crippen LogP) is 1.48. The van der Waals surface area contributed by atoms with Crippen LogP contribution in [0.1, 0.15) is 19.5 Å². The number of ether oxygens (including phenoxy) is 2. The summed E-state index contributed by atoms with van der Waals surface area (Å²) < 4.78 is 10.5. The van der Waals surface area contributed by atoms with E-state index >= 15 is 0 Å². The van der Waals surface area contributed by atoms with Crippen LogP contribution in [0.15, 0.2) is 35.7 Å². The second-order valence-corrected chi connectivity index (χ2v) is 5.71. The molecule has 0 spiro atoms. The third-order valence-corrected chi connectivity index (χ3v) is 3.07. The van der Waals surface area contributed by atoms with E-state index in [2.05, 4.69) is 30.6 Å². The summed E-state index contributed by atoms with van der Waals surface area (Å²) >= 11 is 5.14. The predicted molar refractivity (Wildman–Crippen MR) is 104 cm³/mol. The van der Waals surface area contributed by atoms with Gasteiger partial charge in [0.15, 0.2) is 11.7 Å². The molecule has 2 rings (SSSR count). The van der Waals surface area contributed by atoms with Crippen molar-refractivity contribution in [2.45, 2.75) is 20.0 Å². The Morgan fingerprint density at radius 3 is 2.63 bits per heavy atom. The number of rotatable bonds is 5. The van der Waals surface area contributed by atoms with Gasteiger partial charge < -0.3 is 25.8 Å². The summed E-state index contributed by atoms with van der Waals surface area (Å²) in [6.45, 7) is 3.84. The number of hydrogen-bond donors (Lipinski definition) is 3. The lowest BCUT2D eigenvalue weighted by atomic mass is 10.3. The number of carbonyl (C=O) groups excluding carboxylic acids is 1. The maximum atomic E-state index is 11.3. The molecular weight excluding hydrogens is 370 g/mol. The molecule has 11 heteroatoms. The van der Waals surface area contributed by atoms with Crippen molar-refractivity contribution in [2.75, 3.05) is 12.4 Å². The van der Waals surface area contributed by atoms with E-state index < -0.39 is 6.09 Å². The van der Waals surface area contributed by atoms with E-state index in [0.29, 0.717) is 11.4 Å². The summed E-state index contributed by atoms with van der Waals surface area (Å²) in [5.41, 5.74) is 6.36. The normalized spacial score (nSPS) is 11.0. The van der Waals surface area contributed by atoms with Crippen LogP contribution in [-0.2, 0) is 0 Å². The fourth-order valence-corrected chi connectivity index (χ4v) is 1.99. The summed E-state index contributed by atoms with van der Waals surface area (Å²) in [6.07, 6.45) is 3.67. The molecule has 0 aliphatic carbocycles. The number of carbonyl (C=O) groups is 1. The van der Waals surface area contributed by atoms with E-state index in [1.165, 1.54) is 19.4 Å². The highest BCUT2D eigenvalue weighted by Crippen LogP contribution is 2.18. The van der Waals surface area contributed by atoms with Crippen LogP contribution in [-0.4, -0.2) is 45.1 Å². The highest BCUT2D eigenvalue weighted by molar-refractivity contribution is 7.80. The van der Waals surface area contributed by atoms with Crippen molar-refractivity contribution in [1.29, 1.82) is 0 Å². The minimum Gasteiger partial charge on any atom is -0.489 e. The number of aromatic nitrogens is 3. The SMILES string of the molecule is CNC(=O)Oc1nccnc1NC(=S)/N=C(\N)c1ccc(OC(C)C)cn1. The number of hydrogen-bond acceptors (Lipinski definition) is 7. The molecule has 0 saturated heterocycles. The number of aliphatic imine (C=N–C) groups is 1. The Morgan fingerprint density at radius 2 is 2.00 bits per heavy atom. The van der Waals surface area contributed by atoms with E-state index in [9.17, 15) is 4.79 Å². The average Bonchev–Trinajstić information content (AvgIpc) is 2.63. The highest BCUT2D eigenvalue weighted by atomic mass is 32.1. The molecule has 2 aromatic rings. The van der Waals surface area contributed by atoms with Gasteiger partial charge in [-0.2, -0.15) is 0 Å². The van der Waals surface area contributed by atoms with Crippen LogP contribution >= 0.6 is 12.2 Å². The van der Waals surface area contributed by atoms with Crippen molar-refractivity contribution >= 4 is 35.1 Å². The lowest BCUT2D eigenvalue weighted by molar-refractivity contribution is 0.201. The van der Waals surface area contributed by atoms with Gasteiger partial charge in [0.2, 0.25) is 5.11 Å². The summed E-state index contributed by atoms with van der Waals surface area (Å²) in [6, 6.07) is 3.40. The molecule has 1 amide bonds. The molecule has 0 aliphatic rings. The molecule has 2 heterocycles. The van der Waals surface area contributed by atoms with Gasteiger partial charge in [0.25, 0.3) is 5.88 Å². The lowest BCUT2D eigenvalue weighted by Gasteiger charge is -2.10. The zero-order valence-corrected chi connectivity index (χ0v) is 15.8. The van der Waals surface area contributed by atoms with Gasteiger partial charge in [-0.15, -0.1) is 0 Å². The molecule has 0 saturated carbocycles. The zero-order chi connectivity index (χ0) is 19.8. The van der Waals surface area contributed by atoms with Crippen molar-refractivity contribution in [3.63, 3.8) is 0 Å². The van der Waals surface area contributed by atoms with Crippen LogP contribution in [0.2, 0.25) is 0 Å². The Labute approximate surface area is 161 Å². The van der Waals surface area contributed by atoms with Crippen LogP contribution in [0.25, 0.3) is 0 Å². The molecule has 142 valence electrons. The van der Waals surface area contributed by atoms with Crippen LogP contribution in [0.4, 0.5) is 10.6 Å². The fourth-order valence-electron chi connectivity index (χ4n) is 1.79. The van der Waals surface area contributed by atoms with Crippen molar-refractivity contribution in [1.82, 2.24) is 20.3 Å². The Kier molecular flexibility index (Phi) is 6.94. The number of anilines is 1.